The van der Waals surface area contributed by atoms with E-state index in [-0.39, 0.29) is 0 Å². The van der Waals surface area contributed by atoms with Crippen LogP contribution in [0.4, 0.5) is 13.2 Å². The summed E-state index contributed by atoms with van der Waals surface area (Å²) in [5, 5.41) is 0. The van der Waals surface area contributed by atoms with Gasteiger partial charge < -0.3 is 0 Å². The Hall–Kier alpha value is -0.253. The molecule has 0 aromatic rings. The molecule has 0 aliphatic rings. The van der Waals surface area contributed by atoms with E-state index in [2.05, 4.69) is 0 Å². The lowest BCUT2D eigenvalue weighted by Crippen LogP contribution is -2.43. The Labute approximate surface area is 97.9 Å². The summed E-state index contributed by atoms with van der Waals surface area (Å²) in [7, 11) is -2.04. The topological polar surface area (TPSA) is 0 Å². The highest BCUT2D eigenvalue weighted by Crippen LogP contribution is 2.42. The molecule has 0 fully saturated rings. The molecule has 0 nitrogen and oxygen atoms in total. The van der Waals surface area contributed by atoms with E-state index in [4.69, 9.17) is 0 Å². The molecule has 0 aliphatic heterocycles. The third-order valence-corrected chi connectivity index (χ3v) is 10.3. The standard InChI is InChI=1S/C12H23F3Si/c1-9(2)16(10(3)4,11(5)6)8-7-12(13,14)15/h7-11H,1-6H3. The Morgan fingerprint density at radius 3 is 1.31 bits per heavy atom. The molecule has 16 heavy (non-hydrogen) atoms. The van der Waals surface area contributed by atoms with Crippen LogP contribution in [-0.2, 0) is 0 Å². The second-order valence-corrected chi connectivity index (χ2v) is 11.1. The van der Waals surface area contributed by atoms with Crippen LogP contribution in [0.1, 0.15) is 41.5 Å². The van der Waals surface area contributed by atoms with Gasteiger partial charge in [-0.15, -0.1) is 0 Å². The third-order valence-electron chi connectivity index (χ3n) is 3.56. The second kappa shape index (κ2) is 5.39. The largest absolute Gasteiger partial charge is 0.409 e. The summed E-state index contributed by atoms with van der Waals surface area (Å²) in [6.45, 7) is 12.3. The van der Waals surface area contributed by atoms with E-state index in [1.165, 1.54) is 5.70 Å². The first-order valence-corrected chi connectivity index (χ1v) is 8.12. The van der Waals surface area contributed by atoms with Crippen molar-refractivity contribution in [2.75, 3.05) is 0 Å². The summed E-state index contributed by atoms with van der Waals surface area (Å²) in [4.78, 5) is 0. The lowest BCUT2D eigenvalue weighted by molar-refractivity contribution is -0.0797. The van der Waals surface area contributed by atoms with Gasteiger partial charge in [-0.1, -0.05) is 47.2 Å². The van der Waals surface area contributed by atoms with E-state index in [9.17, 15) is 13.2 Å². The molecule has 0 radical (unpaired) electrons. The van der Waals surface area contributed by atoms with Crippen LogP contribution in [0.2, 0.25) is 16.6 Å². The summed E-state index contributed by atoms with van der Waals surface area (Å²) in [5.74, 6) is 0. The van der Waals surface area contributed by atoms with Crippen molar-refractivity contribution >= 4 is 8.07 Å². The zero-order valence-electron chi connectivity index (χ0n) is 11.0. The van der Waals surface area contributed by atoms with E-state index in [0.717, 1.165) is 0 Å². The zero-order chi connectivity index (χ0) is 13.1. The highest BCUT2D eigenvalue weighted by Gasteiger charge is 2.41. The summed E-state index contributed by atoms with van der Waals surface area (Å²) in [6, 6.07) is 0. The van der Waals surface area contributed by atoms with E-state index < -0.39 is 14.3 Å². The number of allylic oxidation sites excluding steroid dienone is 1. The van der Waals surface area contributed by atoms with Gasteiger partial charge in [-0.3, -0.25) is 0 Å². The molecular weight excluding hydrogens is 229 g/mol. The van der Waals surface area contributed by atoms with Crippen molar-refractivity contribution in [1.82, 2.24) is 0 Å². The number of alkyl halides is 3. The molecule has 0 heterocycles. The molecule has 0 N–H and O–H groups in total. The Kier molecular flexibility index (Phi) is 5.30. The summed E-state index contributed by atoms with van der Waals surface area (Å²) in [5.41, 5.74) is 2.48. The van der Waals surface area contributed by atoms with Crippen molar-refractivity contribution in [3.8, 4) is 0 Å². The lowest BCUT2D eigenvalue weighted by Gasteiger charge is -2.40. The van der Waals surface area contributed by atoms with E-state index in [1.807, 2.05) is 41.5 Å². The number of rotatable bonds is 4. The summed E-state index contributed by atoms with van der Waals surface area (Å²) >= 11 is 0. The molecule has 0 amide bonds. The van der Waals surface area contributed by atoms with E-state index in [1.54, 1.807) is 0 Å². The van der Waals surface area contributed by atoms with E-state index in [0.29, 0.717) is 22.7 Å². The van der Waals surface area contributed by atoms with Gasteiger partial charge in [0.2, 0.25) is 0 Å². The first-order chi connectivity index (χ1) is 7.04. The predicted molar refractivity (Wildman–Crippen MR) is 66.2 cm³/mol. The van der Waals surface area contributed by atoms with Crippen molar-refractivity contribution in [3.05, 3.63) is 11.8 Å². The zero-order valence-corrected chi connectivity index (χ0v) is 12.0. The Bertz CT molecular complexity index is 217. The number of hydrogen-bond acceptors (Lipinski definition) is 0. The monoisotopic (exact) mass is 252 g/mol. The van der Waals surface area contributed by atoms with Crippen molar-refractivity contribution in [2.24, 2.45) is 0 Å². The Balaban J connectivity index is 5.30. The molecule has 0 atom stereocenters. The van der Waals surface area contributed by atoms with Gasteiger partial charge in [0.05, 0.1) is 8.07 Å². The second-order valence-electron chi connectivity index (χ2n) is 5.34. The van der Waals surface area contributed by atoms with Crippen molar-refractivity contribution in [3.63, 3.8) is 0 Å². The van der Waals surface area contributed by atoms with Gasteiger partial charge in [0.1, 0.15) is 0 Å². The maximum Gasteiger partial charge on any atom is 0.409 e. The molecule has 0 unspecified atom stereocenters. The van der Waals surface area contributed by atoms with Gasteiger partial charge in [0.15, 0.2) is 0 Å². The highest BCUT2D eigenvalue weighted by molar-refractivity contribution is 6.87. The van der Waals surface area contributed by atoms with Gasteiger partial charge in [-0.25, -0.2) is 0 Å². The van der Waals surface area contributed by atoms with Gasteiger partial charge in [0, 0.05) is 6.08 Å². The van der Waals surface area contributed by atoms with Gasteiger partial charge >= 0.3 is 6.18 Å². The highest BCUT2D eigenvalue weighted by atomic mass is 28.3. The number of halogens is 3. The average Bonchev–Trinajstić information content (AvgIpc) is 2.00. The maximum atomic E-state index is 12.3. The fraction of sp³-hybridized carbons (Fsp3) is 0.833. The Morgan fingerprint density at radius 1 is 0.812 bits per heavy atom. The molecule has 96 valence electrons. The van der Waals surface area contributed by atoms with Crippen LogP contribution in [0.5, 0.6) is 0 Å². The quantitative estimate of drug-likeness (QED) is 0.594. The van der Waals surface area contributed by atoms with E-state index >= 15 is 0 Å². The van der Waals surface area contributed by atoms with Crippen LogP contribution in [0, 0.1) is 0 Å². The fourth-order valence-electron chi connectivity index (χ4n) is 2.82. The first-order valence-electron chi connectivity index (χ1n) is 5.81. The molecule has 0 aromatic heterocycles. The molecule has 0 aliphatic carbocycles. The van der Waals surface area contributed by atoms with Crippen molar-refractivity contribution in [1.29, 1.82) is 0 Å². The van der Waals surface area contributed by atoms with Crippen LogP contribution in [0.25, 0.3) is 0 Å². The fourth-order valence-corrected chi connectivity index (χ4v) is 8.45. The van der Waals surface area contributed by atoms with Crippen LogP contribution >= 0.6 is 0 Å². The van der Waals surface area contributed by atoms with Gasteiger partial charge in [-0.05, 0) is 16.6 Å². The van der Waals surface area contributed by atoms with Crippen LogP contribution < -0.4 is 0 Å². The van der Waals surface area contributed by atoms with Crippen LogP contribution in [0.3, 0.4) is 0 Å². The van der Waals surface area contributed by atoms with Crippen molar-refractivity contribution < 1.29 is 13.2 Å². The molecule has 4 heteroatoms. The minimum atomic E-state index is -4.18. The van der Waals surface area contributed by atoms with Crippen molar-refractivity contribution in [2.45, 2.75) is 64.3 Å². The minimum absolute atomic E-state index is 0.325. The minimum Gasteiger partial charge on any atom is -0.167 e. The normalized spacial score (nSPS) is 14.8. The molecule has 0 spiro atoms. The average molecular weight is 252 g/mol. The molecule has 0 bridgehead atoms. The van der Waals surface area contributed by atoms with Crippen LogP contribution in [-0.4, -0.2) is 14.3 Å². The maximum absolute atomic E-state index is 12.3. The predicted octanol–water partition coefficient (Wildman–Crippen LogP) is 5.32. The Morgan fingerprint density at radius 2 is 1.12 bits per heavy atom. The first kappa shape index (κ1) is 15.7. The molecular formula is C12H23F3Si. The van der Waals surface area contributed by atoms with Gasteiger partial charge in [-0.2, -0.15) is 13.2 Å². The summed E-state index contributed by atoms with van der Waals surface area (Å²) in [6.07, 6.45) is -3.73. The smallest absolute Gasteiger partial charge is 0.167 e. The molecule has 0 rings (SSSR count). The molecule has 0 saturated heterocycles. The lowest BCUT2D eigenvalue weighted by atomic mass is 10.5. The molecule has 0 saturated carbocycles. The summed E-state index contributed by atoms with van der Waals surface area (Å²) < 4.78 is 36.9. The molecule has 0 aromatic carbocycles. The number of hydrogen-bond donors (Lipinski definition) is 0. The van der Waals surface area contributed by atoms with Gasteiger partial charge in [0.25, 0.3) is 0 Å². The SMILES string of the molecule is CC(C)[Si](C=CC(F)(F)F)(C(C)C)C(C)C. The van der Waals surface area contributed by atoms with Crippen LogP contribution in [0.15, 0.2) is 11.8 Å². The third kappa shape index (κ3) is 3.65.